The number of hydrogen-bond acceptors (Lipinski definition) is 4. The second-order valence-electron chi connectivity index (χ2n) is 6.00. The lowest BCUT2D eigenvalue weighted by Gasteiger charge is -2.05. The number of fused-ring (bicyclic) bond motifs is 1. The van der Waals surface area contributed by atoms with Crippen molar-refractivity contribution in [3.8, 4) is 5.69 Å². The van der Waals surface area contributed by atoms with Gasteiger partial charge in [-0.1, -0.05) is 23.7 Å². The quantitative estimate of drug-likeness (QED) is 0.691. The molecule has 0 radical (unpaired) electrons. The molecule has 2 aromatic heterocycles. The van der Waals surface area contributed by atoms with Crippen LogP contribution in [0.4, 0.5) is 0 Å². The number of carbonyl (C=O) groups excluding carboxylic acids is 2. The lowest BCUT2D eigenvalue weighted by molar-refractivity contribution is -0.123. The summed E-state index contributed by atoms with van der Waals surface area (Å²) in [6, 6.07) is 9.21. The number of para-hydroxylation sites is 1. The Kier molecular flexibility index (Phi) is 3.97. The first-order chi connectivity index (χ1) is 12.0. The van der Waals surface area contributed by atoms with Crippen LogP contribution in [0.2, 0.25) is 5.02 Å². The summed E-state index contributed by atoms with van der Waals surface area (Å²) < 4.78 is 1.75. The van der Waals surface area contributed by atoms with Crippen molar-refractivity contribution in [3.05, 3.63) is 45.9 Å². The molecule has 4 rings (SSSR count). The van der Waals surface area contributed by atoms with Crippen molar-refractivity contribution in [3.63, 3.8) is 0 Å². The highest BCUT2D eigenvalue weighted by atomic mass is 35.5. The topological polar surface area (TPSA) is 76.0 Å². The summed E-state index contributed by atoms with van der Waals surface area (Å²) in [7, 11) is 0. The van der Waals surface area contributed by atoms with E-state index >= 15 is 0 Å². The maximum atomic E-state index is 12.3. The molecule has 0 unspecified atom stereocenters. The number of aromatic nitrogens is 2. The summed E-state index contributed by atoms with van der Waals surface area (Å²) in [5.74, 6) is -0.424. The van der Waals surface area contributed by atoms with E-state index in [1.807, 2.05) is 25.1 Å². The molecule has 6 nitrogen and oxygen atoms in total. The molecule has 3 aromatic rings. The summed E-state index contributed by atoms with van der Waals surface area (Å²) in [4.78, 5) is 25.3. The van der Waals surface area contributed by atoms with Crippen molar-refractivity contribution < 1.29 is 9.59 Å². The van der Waals surface area contributed by atoms with Crippen molar-refractivity contribution in [1.82, 2.24) is 20.6 Å². The molecule has 1 aliphatic rings. The number of rotatable bonds is 3. The highest BCUT2D eigenvalue weighted by Crippen LogP contribution is 2.32. The third-order valence-electron chi connectivity index (χ3n) is 4.10. The SMILES string of the molecule is Cc1nn(-c2ccccc2Cl)c2sc(C(=O)NNC(=O)C3CC3)cc12. The number of nitrogens with one attached hydrogen (secondary N) is 2. The van der Waals surface area contributed by atoms with E-state index in [1.165, 1.54) is 11.3 Å². The first kappa shape index (κ1) is 16.1. The zero-order valence-electron chi connectivity index (χ0n) is 13.4. The number of aryl methyl sites for hydroxylation is 1. The Balaban J connectivity index is 1.64. The van der Waals surface area contributed by atoms with E-state index in [4.69, 9.17) is 11.6 Å². The van der Waals surface area contributed by atoms with Crippen LogP contribution in [0.15, 0.2) is 30.3 Å². The molecule has 0 saturated heterocycles. The van der Waals surface area contributed by atoms with Gasteiger partial charge >= 0.3 is 0 Å². The Labute approximate surface area is 152 Å². The minimum absolute atomic E-state index is 0.0405. The number of thiophene rings is 1. The molecule has 1 fully saturated rings. The molecular weight excluding hydrogens is 360 g/mol. The largest absolute Gasteiger partial charge is 0.279 e. The normalized spacial score (nSPS) is 13.8. The fourth-order valence-corrected chi connectivity index (χ4v) is 3.86. The molecule has 2 heterocycles. The highest BCUT2D eigenvalue weighted by Gasteiger charge is 2.30. The number of amides is 2. The van der Waals surface area contributed by atoms with Gasteiger partial charge in [0.25, 0.3) is 5.91 Å². The van der Waals surface area contributed by atoms with E-state index in [1.54, 1.807) is 16.8 Å². The van der Waals surface area contributed by atoms with Crippen molar-refractivity contribution in [2.24, 2.45) is 5.92 Å². The Morgan fingerprint density at radius 3 is 2.76 bits per heavy atom. The molecule has 0 spiro atoms. The Hall–Kier alpha value is -2.38. The molecule has 1 aromatic carbocycles. The van der Waals surface area contributed by atoms with Gasteiger partial charge in [-0.3, -0.25) is 20.4 Å². The highest BCUT2D eigenvalue weighted by molar-refractivity contribution is 7.20. The van der Waals surface area contributed by atoms with Gasteiger partial charge in [-0.05, 0) is 38.0 Å². The van der Waals surface area contributed by atoms with E-state index < -0.39 is 0 Å². The fraction of sp³-hybridized carbons (Fsp3) is 0.235. The van der Waals surface area contributed by atoms with Crippen LogP contribution >= 0.6 is 22.9 Å². The van der Waals surface area contributed by atoms with Crippen LogP contribution in [0.25, 0.3) is 15.9 Å². The van der Waals surface area contributed by atoms with Gasteiger partial charge in [0.2, 0.25) is 5.91 Å². The van der Waals surface area contributed by atoms with Gasteiger partial charge < -0.3 is 0 Å². The Bertz CT molecular complexity index is 990. The lowest BCUT2D eigenvalue weighted by atomic mass is 10.3. The van der Waals surface area contributed by atoms with Crippen molar-refractivity contribution in [2.45, 2.75) is 19.8 Å². The molecule has 1 saturated carbocycles. The molecular formula is C17H15ClN4O2S. The van der Waals surface area contributed by atoms with Gasteiger partial charge in [0.15, 0.2) is 0 Å². The monoisotopic (exact) mass is 374 g/mol. The maximum Gasteiger partial charge on any atom is 0.279 e. The molecule has 0 atom stereocenters. The second kappa shape index (κ2) is 6.16. The first-order valence-electron chi connectivity index (χ1n) is 7.89. The molecule has 0 aliphatic heterocycles. The molecule has 25 heavy (non-hydrogen) atoms. The zero-order chi connectivity index (χ0) is 17.6. The number of carbonyl (C=O) groups is 2. The molecule has 0 bridgehead atoms. The maximum absolute atomic E-state index is 12.3. The average molecular weight is 375 g/mol. The van der Waals surface area contributed by atoms with Gasteiger partial charge in [-0.15, -0.1) is 11.3 Å². The first-order valence-corrected chi connectivity index (χ1v) is 9.08. The predicted molar refractivity (Wildman–Crippen MR) is 97.0 cm³/mol. The minimum Gasteiger partial charge on any atom is -0.273 e. The van der Waals surface area contributed by atoms with Crippen LogP contribution in [0.3, 0.4) is 0 Å². The summed E-state index contributed by atoms with van der Waals surface area (Å²) in [5.41, 5.74) is 6.53. The van der Waals surface area contributed by atoms with Crippen LogP contribution in [-0.2, 0) is 4.79 Å². The van der Waals surface area contributed by atoms with Crippen LogP contribution in [-0.4, -0.2) is 21.6 Å². The summed E-state index contributed by atoms with van der Waals surface area (Å²) >= 11 is 7.59. The second-order valence-corrected chi connectivity index (χ2v) is 7.43. The van der Waals surface area contributed by atoms with Gasteiger partial charge in [0, 0.05) is 11.3 Å². The average Bonchev–Trinajstić information content (AvgIpc) is 3.29. The van der Waals surface area contributed by atoms with Crippen molar-refractivity contribution >= 4 is 45.0 Å². The van der Waals surface area contributed by atoms with Gasteiger partial charge in [0.1, 0.15) is 4.83 Å². The van der Waals surface area contributed by atoms with Crippen molar-refractivity contribution in [1.29, 1.82) is 0 Å². The van der Waals surface area contributed by atoms with Crippen LogP contribution in [0.1, 0.15) is 28.2 Å². The molecule has 128 valence electrons. The van der Waals surface area contributed by atoms with Gasteiger partial charge in [-0.2, -0.15) is 5.10 Å². The number of benzene rings is 1. The van der Waals surface area contributed by atoms with Gasteiger partial charge in [0.05, 0.1) is 21.3 Å². The molecule has 1 aliphatic carbocycles. The lowest BCUT2D eigenvalue weighted by Crippen LogP contribution is -2.42. The smallest absolute Gasteiger partial charge is 0.273 e. The number of hydrazine groups is 1. The number of halogens is 1. The number of nitrogens with zero attached hydrogens (tertiary/aromatic N) is 2. The number of hydrogen-bond donors (Lipinski definition) is 2. The predicted octanol–water partition coefficient (Wildman–Crippen LogP) is 3.22. The van der Waals surface area contributed by atoms with Crippen molar-refractivity contribution in [2.75, 3.05) is 0 Å². The minimum atomic E-state index is -0.333. The third-order valence-corrected chi connectivity index (χ3v) is 5.53. The molecule has 2 amide bonds. The van der Waals surface area contributed by atoms with Crippen LogP contribution in [0, 0.1) is 12.8 Å². The summed E-state index contributed by atoms with van der Waals surface area (Å²) in [5, 5.41) is 6.01. The Morgan fingerprint density at radius 2 is 2.04 bits per heavy atom. The Morgan fingerprint density at radius 1 is 1.28 bits per heavy atom. The third kappa shape index (κ3) is 3.01. The van der Waals surface area contributed by atoms with E-state index in [0.29, 0.717) is 9.90 Å². The van der Waals surface area contributed by atoms with E-state index in [2.05, 4.69) is 16.0 Å². The standard InChI is InChI=1S/C17H15ClN4O2S/c1-9-11-8-14(16(24)20-19-15(23)10-6-7-10)25-17(11)22(21-9)13-5-3-2-4-12(13)18/h2-5,8,10H,6-7H2,1H3,(H,19,23)(H,20,24). The summed E-state index contributed by atoms with van der Waals surface area (Å²) in [6.07, 6.45) is 1.77. The van der Waals surface area contributed by atoms with Gasteiger partial charge in [-0.25, -0.2) is 4.68 Å². The van der Waals surface area contributed by atoms with Crippen LogP contribution < -0.4 is 10.9 Å². The van der Waals surface area contributed by atoms with E-state index in [0.717, 1.165) is 34.4 Å². The molecule has 2 N–H and O–H groups in total. The van der Waals surface area contributed by atoms with E-state index in [9.17, 15) is 9.59 Å². The molecule has 8 heteroatoms. The van der Waals surface area contributed by atoms with E-state index in [-0.39, 0.29) is 17.7 Å². The summed E-state index contributed by atoms with van der Waals surface area (Å²) in [6.45, 7) is 1.89. The van der Waals surface area contributed by atoms with Crippen LogP contribution in [0.5, 0.6) is 0 Å². The zero-order valence-corrected chi connectivity index (χ0v) is 14.9. The fourth-order valence-electron chi connectivity index (χ4n) is 2.57.